The molecule has 0 radical (unpaired) electrons. The maximum absolute atomic E-state index is 12.3. The van der Waals surface area contributed by atoms with Crippen LogP contribution in [0.5, 0.6) is 0 Å². The van der Waals surface area contributed by atoms with E-state index in [1.54, 1.807) is 19.9 Å². The maximum atomic E-state index is 12.3. The molecule has 2 saturated heterocycles. The lowest BCUT2D eigenvalue weighted by molar-refractivity contribution is -0.124. The third kappa shape index (κ3) is 5.90. The third-order valence-electron chi connectivity index (χ3n) is 5.11. The van der Waals surface area contributed by atoms with E-state index in [2.05, 4.69) is 16.0 Å². The Labute approximate surface area is 174 Å². The fourth-order valence-corrected chi connectivity index (χ4v) is 6.63. The zero-order valence-electron chi connectivity index (χ0n) is 16.3. The minimum absolute atomic E-state index is 0.167. The molecule has 5 atom stereocenters. The predicted molar refractivity (Wildman–Crippen MR) is 112 cm³/mol. The molecule has 3 N–H and O–H groups in total. The van der Waals surface area contributed by atoms with Gasteiger partial charge in [-0.25, -0.2) is 4.79 Å². The Morgan fingerprint density at radius 3 is 2.71 bits per heavy atom. The summed E-state index contributed by atoms with van der Waals surface area (Å²) in [6, 6.07) is 0.556. The molecule has 1 saturated carbocycles. The minimum atomic E-state index is -0.743. The molecule has 0 bridgehead atoms. The summed E-state index contributed by atoms with van der Waals surface area (Å²) in [6.45, 7) is 3.44. The molecule has 3 aliphatic rings. The standard InChI is InChI=1S/C19H29N3O4S2/c1-11(2)26-19(25)22-17(24)12-9-10-27-18(12)21-15(23)7-8-16-20-13-5-3-4-6-14(13)28-16/h7-8,11-14,16,18,20H,3-6,9-10H2,1-2H3,(H,21,23)(H,22,24,25)/b8-7+. The van der Waals surface area contributed by atoms with Crippen LogP contribution in [0, 0.1) is 5.92 Å². The molecule has 0 aromatic carbocycles. The Kier molecular flexibility index (Phi) is 7.70. The van der Waals surface area contributed by atoms with Gasteiger partial charge in [-0.05, 0) is 38.9 Å². The van der Waals surface area contributed by atoms with Crippen LogP contribution in [0.25, 0.3) is 0 Å². The number of alkyl carbamates (subject to hydrolysis) is 1. The summed E-state index contributed by atoms with van der Waals surface area (Å²) in [7, 11) is 0. The van der Waals surface area contributed by atoms with Crippen molar-refractivity contribution < 1.29 is 19.1 Å². The Balaban J connectivity index is 1.46. The van der Waals surface area contributed by atoms with E-state index in [0.717, 1.165) is 5.75 Å². The van der Waals surface area contributed by atoms with Gasteiger partial charge in [0.05, 0.1) is 22.8 Å². The lowest BCUT2D eigenvalue weighted by Gasteiger charge is -2.23. The van der Waals surface area contributed by atoms with Gasteiger partial charge in [-0.1, -0.05) is 18.9 Å². The molecule has 0 spiro atoms. The number of thioether (sulfide) groups is 2. The Hall–Kier alpha value is -1.19. The highest BCUT2D eigenvalue weighted by molar-refractivity contribution is 8.01. The van der Waals surface area contributed by atoms with Crippen LogP contribution in [0.4, 0.5) is 4.79 Å². The highest BCUT2D eigenvalue weighted by Crippen LogP contribution is 2.37. The fourth-order valence-electron chi connectivity index (χ4n) is 3.79. The molecule has 3 amide bonds. The van der Waals surface area contributed by atoms with E-state index in [9.17, 15) is 14.4 Å². The average Bonchev–Trinajstić information content (AvgIpc) is 3.25. The number of rotatable bonds is 5. The lowest BCUT2D eigenvalue weighted by atomic mass is 9.95. The van der Waals surface area contributed by atoms with E-state index in [0.29, 0.717) is 17.7 Å². The molecule has 5 unspecified atom stereocenters. The second-order valence-electron chi connectivity index (χ2n) is 7.65. The van der Waals surface area contributed by atoms with Crippen LogP contribution in [-0.4, -0.2) is 51.8 Å². The first-order chi connectivity index (χ1) is 13.4. The van der Waals surface area contributed by atoms with Crippen LogP contribution in [0.2, 0.25) is 0 Å². The van der Waals surface area contributed by atoms with Crippen molar-refractivity contribution in [1.82, 2.24) is 16.0 Å². The van der Waals surface area contributed by atoms with E-state index in [1.807, 2.05) is 17.8 Å². The van der Waals surface area contributed by atoms with Crippen molar-refractivity contribution in [2.24, 2.45) is 5.92 Å². The van der Waals surface area contributed by atoms with Crippen LogP contribution in [0.3, 0.4) is 0 Å². The number of carbonyl (C=O) groups is 3. The summed E-state index contributed by atoms with van der Waals surface area (Å²) >= 11 is 3.42. The average molecular weight is 428 g/mol. The highest BCUT2D eigenvalue weighted by atomic mass is 32.2. The Morgan fingerprint density at radius 2 is 1.96 bits per heavy atom. The number of fused-ring (bicyclic) bond motifs is 1. The van der Waals surface area contributed by atoms with Gasteiger partial charge < -0.3 is 10.1 Å². The summed E-state index contributed by atoms with van der Waals surface area (Å²) in [6.07, 6.45) is 8.07. The van der Waals surface area contributed by atoms with Crippen molar-refractivity contribution in [3.8, 4) is 0 Å². The van der Waals surface area contributed by atoms with Crippen LogP contribution < -0.4 is 16.0 Å². The molecule has 2 heterocycles. The number of nitrogens with one attached hydrogen (secondary N) is 3. The molecule has 0 aromatic rings. The van der Waals surface area contributed by atoms with E-state index < -0.39 is 17.9 Å². The summed E-state index contributed by atoms with van der Waals surface area (Å²) in [5, 5.41) is 9.22. The van der Waals surface area contributed by atoms with Crippen molar-refractivity contribution in [2.45, 2.75) is 74.1 Å². The van der Waals surface area contributed by atoms with Gasteiger partial charge in [0, 0.05) is 17.4 Å². The van der Waals surface area contributed by atoms with Crippen LogP contribution in [-0.2, 0) is 14.3 Å². The monoisotopic (exact) mass is 427 g/mol. The van der Waals surface area contributed by atoms with Crippen molar-refractivity contribution in [3.05, 3.63) is 12.2 Å². The minimum Gasteiger partial charge on any atom is -0.447 e. The van der Waals surface area contributed by atoms with E-state index >= 15 is 0 Å². The van der Waals surface area contributed by atoms with Crippen LogP contribution in [0.15, 0.2) is 12.2 Å². The molecule has 2 aliphatic heterocycles. The molecule has 9 heteroatoms. The molecule has 3 fully saturated rings. The molecule has 0 aromatic heterocycles. The SMILES string of the molecule is CC(C)OC(=O)NC(=O)C1CCSC1NC(=O)/C=C/C1NC2CCCCC2S1. The zero-order valence-corrected chi connectivity index (χ0v) is 17.9. The first-order valence-electron chi connectivity index (χ1n) is 9.95. The molecule has 1 aliphatic carbocycles. The normalized spacial score (nSPS) is 32.3. The molecular formula is C19H29N3O4S2. The predicted octanol–water partition coefficient (Wildman–Crippen LogP) is 2.37. The second kappa shape index (κ2) is 10.0. The van der Waals surface area contributed by atoms with Crippen molar-refractivity contribution in [1.29, 1.82) is 0 Å². The first-order valence-corrected chi connectivity index (χ1v) is 11.9. The molecule has 28 heavy (non-hydrogen) atoms. The largest absolute Gasteiger partial charge is 0.447 e. The van der Waals surface area contributed by atoms with Crippen LogP contribution in [0.1, 0.15) is 46.0 Å². The summed E-state index contributed by atoms with van der Waals surface area (Å²) in [4.78, 5) is 36.3. The van der Waals surface area contributed by atoms with Gasteiger partial charge in [0.25, 0.3) is 0 Å². The molecule has 7 nitrogen and oxygen atoms in total. The molecule has 3 rings (SSSR count). The van der Waals surface area contributed by atoms with Crippen molar-refractivity contribution in [3.63, 3.8) is 0 Å². The second-order valence-corrected chi connectivity index (χ2v) is 10.3. The number of amides is 3. The number of hydrogen-bond donors (Lipinski definition) is 3. The Morgan fingerprint density at radius 1 is 1.18 bits per heavy atom. The van der Waals surface area contributed by atoms with Gasteiger partial charge >= 0.3 is 6.09 Å². The third-order valence-corrected chi connectivity index (χ3v) is 7.88. The fraction of sp³-hybridized carbons (Fsp3) is 0.737. The van der Waals surface area contributed by atoms with Gasteiger partial charge in [0.15, 0.2) is 0 Å². The Bertz CT molecular complexity index is 614. The summed E-state index contributed by atoms with van der Waals surface area (Å²) < 4.78 is 4.95. The maximum Gasteiger partial charge on any atom is 0.414 e. The molecular weight excluding hydrogens is 398 g/mol. The van der Waals surface area contributed by atoms with E-state index in [4.69, 9.17) is 4.74 Å². The van der Waals surface area contributed by atoms with Crippen molar-refractivity contribution >= 4 is 41.4 Å². The first kappa shape index (κ1) is 21.5. The van der Waals surface area contributed by atoms with Gasteiger partial charge in [0.1, 0.15) is 0 Å². The quantitative estimate of drug-likeness (QED) is 0.580. The van der Waals surface area contributed by atoms with E-state index in [1.165, 1.54) is 37.4 Å². The van der Waals surface area contributed by atoms with Crippen LogP contribution >= 0.6 is 23.5 Å². The molecule has 156 valence electrons. The van der Waals surface area contributed by atoms with Gasteiger partial charge in [-0.3, -0.25) is 20.2 Å². The summed E-state index contributed by atoms with van der Waals surface area (Å²) in [5.41, 5.74) is 0. The highest BCUT2D eigenvalue weighted by Gasteiger charge is 2.36. The zero-order chi connectivity index (χ0) is 20.1. The number of ether oxygens (including phenoxy) is 1. The summed E-state index contributed by atoms with van der Waals surface area (Å²) in [5.74, 6) is -0.291. The van der Waals surface area contributed by atoms with E-state index in [-0.39, 0.29) is 22.8 Å². The topological polar surface area (TPSA) is 96.5 Å². The number of carbonyl (C=O) groups excluding carboxylic acids is 3. The number of imide groups is 1. The number of hydrogen-bond acceptors (Lipinski definition) is 7. The van der Waals surface area contributed by atoms with Gasteiger partial charge in [-0.15, -0.1) is 23.5 Å². The smallest absolute Gasteiger partial charge is 0.414 e. The van der Waals surface area contributed by atoms with Gasteiger partial charge in [-0.2, -0.15) is 0 Å². The van der Waals surface area contributed by atoms with Crippen molar-refractivity contribution in [2.75, 3.05) is 5.75 Å². The van der Waals surface area contributed by atoms with Gasteiger partial charge in [0.2, 0.25) is 11.8 Å². The lowest BCUT2D eigenvalue weighted by Crippen LogP contribution is -2.44.